The molecule has 1 fully saturated rings. The van der Waals surface area contributed by atoms with Crippen molar-refractivity contribution < 1.29 is 4.79 Å². The van der Waals surface area contributed by atoms with Gasteiger partial charge in [0, 0.05) is 30.4 Å². The van der Waals surface area contributed by atoms with Crippen LogP contribution in [0.2, 0.25) is 0 Å². The second-order valence-electron chi connectivity index (χ2n) is 4.46. The minimum Gasteiger partial charge on any atom is -0.342 e. The fraction of sp³-hybridized carbons (Fsp3) is 0.538. The molecule has 18 heavy (non-hydrogen) atoms. The van der Waals surface area contributed by atoms with Crippen molar-refractivity contribution in [3.05, 3.63) is 24.5 Å². The zero-order valence-electron chi connectivity index (χ0n) is 10.6. The molecule has 0 unspecified atom stereocenters. The predicted octanol–water partition coefficient (Wildman–Crippen LogP) is 1.38. The van der Waals surface area contributed by atoms with Crippen LogP contribution in [0, 0.1) is 0 Å². The molecular formula is C13H19N3OS. The first-order valence-electron chi connectivity index (χ1n) is 6.26. The minimum absolute atomic E-state index is 0.212. The molecule has 1 amide bonds. The summed E-state index contributed by atoms with van der Waals surface area (Å²) in [5.74, 6) is 0.716. The van der Waals surface area contributed by atoms with Crippen LogP contribution in [0.1, 0.15) is 12.8 Å². The van der Waals surface area contributed by atoms with Crippen molar-refractivity contribution in [2.24, 2.45) is 0 Å². The molecule has 4 nitrogen and oxygen atoms in total. The van der Waals surface area contributed by atoms with Crippen LogP contribution in [0.15, 0.2) is 29.4 Å². The van der Waals surface area contributed by atoms with Crippen LogP contribution in [0.3, 0.4) is 0 Å². The van der Waals surface area contributed by atoms with Gasteiger partial charge < -0.3 is 10.2 Å². The topological polar surface area (TPSA) is 45.2 Å². The Hall–Kier alpha value is -1.07. The second-order valence-corrected chi connectivity index (χ2v) is 5.51. The van der Waals surface area contributed by atoms with Crippen molar-refractivity contribution >= 4 is 17.7 Å². The van der Waals surface area contributed by atoms with Crippen LogP contribution in [-0.4, -0.2) is 47.7 Å². The van der Waals surface area contributed by atoms with Gasteiger partial charge >= 0.3 is 0 Å². The van der Waals surface area contributed by atoms with Gasteiger partial charge in [-0.2, -0.15) is 0 Å². The molecule has 1 saturated heterocycles. The van der Waals surface area contributed by atoms with Crippen LogP contribution in [0.4, 0.5) is 0 Å². The van der Waals surface area contributed by atoms with Crippen molar-refractivity contribution in [2.75, 3.05) is 25.9 Å². The molecule has 0 aliphatic carbocycles. The SMILES string of the molecule is CN(C(=O)CSc1ccncc1)C1CCNCC1. The standard InChI is InChI=1S/C13H19N3OS/c1-16(11-2-6-14-7-3-11)13(17)10-18-12-4-8-15-9-5-12/h4-5,8-9,11,14H,2-3,6-7,10H2,1H3. The Morgan fingerprint density at radius 1 is 1.44 bits per heavy atom. The fourth-order valence-electron chi connectivity index (χ4n) is 2.08. The molecule has 0 bridgehead atoms. The summed E-state index contributed by atoms with van der Waals surface area (Å²) in [5, 5.41) is 3.32. The molecule has 1 aromatic rings. The quantitative estimate of drug-likeness (QED) is 0.836. The number of rotatable bonds is 4. The maximum atomic E-state index is 12.1. The predicted molar refractivity (Wildman–Crippen MR) is 73.6 cm³/mol. The normalized spacial score (nSPS) is 16.5. The summed E-state index contributed by atoms with van der Waals surface area (Å²) in [7, 11) is 1.92. The van der Waals surface area contributed by atoms with E-state index in [0.717, 1.165) is 30.8 Å². The van der Waals surface area contributed by atoms with Gasteiger partial charge in [-0.25, -0.2) is 0 Å². The molecule has 0 spiro atoms. The molecule has 98 valence electrons. The zero-order valence-corrected chi connectivity index (χ0v) is 11.4. The molecule has 2 rings (SSSR count). The van der Waals surface area contributed by atoms with Gasteiger partial charge in [0.2, 0.25) is 5.91 Å². The van der Waals surface area contributed by atoms with E-state index in [1.54, 1.807) is 24.2 Å². The Labute approximate surface area is 112 Å². The Morgan fingerprint density at radius 3 is 2.78 bits per heavy atom. The lowest BCUT2D eigenvalue weighted by Crippen LogP contribution is -2.44. The molecule has 2 heterocycles. The van der Waals surface area contributed by atoms with Crippen LogP contribution in [0.5, 0.6) is 0 Å². The van der Waals surface area contributed by atoms with Gasteiger partial charge in [-0.3, -0.25) is 9.78 Å². The number of carbonyl (C=O) groups is 1. The molecule has 1 aliphatic heterocycles. The third-order valence-electron chi connectivity index (χ3n) is 3.26. The number of hydrogen-bond donors (Lipinski definition) is 1. The van der Waals surface area contributed by atoms with Gasteiger partial charge in [0.1, 0.15) is 0 Å². The lowest BCUT2D eigenvalue weighted by Gasteiger charge is -2.31. The van der Waals surface area contributed by atoms with Crippen molar-refractivity contribution in [1.29, 1.82) is 0 Å². The number of nitrogens with one attached hydrogen (secondary N) is 1. The van der Waals surface area contributed by atoms with Gasteiger partial charge in [0.05, 0.1) is 5.75 Å². The van der Waals surface area contributed by atoms with Crippen molar-refractivity contribution in [3.63, 3.8) is 0 Å². The third kappa shape index (κ3) is 3.71. The van der Waals surface area contributed by atoms with Gasteiger partial charge in [0.15, 0.2) is 0 Å². The Bertz CT molecular complexity index is 379. The molecule has 1 aromatic heterocycles. The largest absolute Gasteiger partial charge is 0.342 e. The number of pyridine rings is 1. The zero-order chi connectivity index (χ0) is 12.8. The Balaban J connectivity index is 1.80. The molecule has 0 aromatic carbocycles. The summed E-state index contributed by atoms with van der Waals surface area (Å²) in [5.41, 5.74) is 0. The van der Waals surface area contributed by atoms with E-state index in [0.29, 0.717) is 11.8 Å². The van der Waals surface area contributed by atoms with E-state index in [-0.39, 0.29) is 5.91 Å². The van der Waals surface area contributed by atoms with Gasteiger partial charge in [-0.05, 0) is 38.1 Å². The van der Waals surface area contributed by atoms with Gasteiger partial charge in [-0.1, -0.05) is 0 Å². The molecule has 1 N–H and O–H groups in total. The first-order valence-corrected chi connectivity index (χ1v) is 7.25. The maximum absolute atomic E-state index is 12.1. The maximum Gasteiger partial charge on any atom is 0.232 e. The van der Waals surface area contributed by atoms with Crippen LogP contribution >= 0.6 is 11.8 Å². The number of piperidine rings is 1. The third-order valence-corrected chi connectivity index (χ3v) is 4.26. The summed E-state index contributed by atoms with van der Waals surface area (Å²) in [6, 6.07) is 4.27. The summed E-state index contributed by atoms with van der Waals surface area (Å²) >= 11 is 1.57. The van der Waals surface area contributed by atoms with E-state index in [2.05, 4.69) is 10.3 Å². The Morgan fingerprint density at radius 2 is 2.11 bits per heavy atom. The smallest absolute Gasteiger partial charge is 0.232 e. The minimum atomic E-state index is 0.212. The highest BCUT2D eigenvalue weighted by Gasteiger charge is 2.21. The highest BCUT2D eigenvalue weighted by Crippen LogP contribution is 2.18. The molecular weight excluding hydrogens is 246 g/mol. The highest BCUT2D eigenvalue weighted by atomic mass is 32.2. The molecule has 0 saturated carbocycles. The lowest BCUT2D eigenvalue weighted by atomic mass is 10.1. The average Bonchev–Trinajstić information content (AvgIpc) is 2.46. The number of amides is 1. The summed E-state index contributed by atoms with van der Waals surface area (Å²) in [4.78, 5) is 19.1. The second kappa shape index (κ2) is 6.75. The summed E-state index contributed by atoms with van der Waals surface area (Å²) in [6.07, 6.45) is 5.62. The fourth-order valence-corrected chi connectivity index (χ4v) is 2.89. The monoisotopic (exact) mass is 265 g/mol. The van der Waals surface area contributed by atoms with Crippen LogP contribution in [0.25, 0.3) is 0 Å². The lowest BCUT2D eigenvalue weighted by molar-refractivity contribution is -0.129. The van der Waals surface area contributed by atoms with Crippen molar-refractivity contribution in [2.45, 2.75) is 23.8 Å². The van der Waals surface area contributed by atoms with Crippen molar-refractivity contribution in [1.82, 2.24) is 15.2 Å². The summed E-state index contributed by atoms with van der Waals surface area (Å²) in [6.45, 7) is 2.03. The van der Waals surface area contributed by atoms with E-state index in [1.807, 2.05) is 24.1 Å². The van der Waals surface area contributed by atoms with E-state index >= 15 is 0 Å². The molecule has 0 atom stereocenters. The van der Waals surface area contributed by atoms with E-state index < -0.39 is 0 Å². The number of hydrogen-bond acceptors (Lipinski definition) is 4. The van der Waals surface area contributed by atoms with Crippen LogP contribution in [-0.2, 0) is 4.79 Å². The van der Waals surface area contributed by atoms with Crippen LogP contribution < -0.4 is 5.32 Å². The van der Waals surface area contributed by atoms with E-state index in [1.165, 1.54) is 0 Å². The van der Waals surface area contributed by atoms with E-state index in [4.69, 9.17) is 0 Å². The molecule has 1 aliphatic rings. The highest BCUT2D eigenvalue weighted by molar-refractivity contribution is 8.00. The van der Waals surface area contributed by atoms with Crippen molar-refractivity contribution in [3.8, 4) is 0 Å². The number of aromatic nitrogens is 1. The first-order chi connectivity index (χ1) is 8.77. The average molecular weight is 265 g/mol. The number of nitrogens with zero attached hydrogens (tertiary/aromatic N) is 2. The van der Waals surface area contributed by atoms with Gasteiger partial charge in [-0.15, -0.1) is 11.8 Å². The molecule has 5 heteroatoms. The number of carbonyl (C=O) groups excluding carboxylic acids is 1. The van der Waals surface area contributed by atoms with Gasteiger partial charge in [0.25, 0.3) is 0 Å². The number of thioether (sulfide) groups is 1. The summed E-state index contributed by atoms with van der Waals surface area (Å²) < 4.78 is 0. The molecule has 0 radical (unpaired) electrons. The van der Waals surface area contributed by atoms with E-state index in [9.17, 15) is 4.79 Å². The Kier molecular flexibility index (Phi) is 5.01. The first kappa shape index (κ1) is 13.4.